The molecule has 0 bridgehead atoms. The van der Waals surface area contributed by atoms with E-state index in [1.807, 2.05) is 0 Å². The summed E-state index contributed by atoms with van der Waals surface area (Å²) in [5, 5.41) is 12.0. The second-order valence-electron chi connectivity index (χ2n) is 5.09. The predicted molar refractivity (Wildman–Crippen MR) is 68.9 cm³/mol. The lowest BCUT2D eigenvalue weighted by molar-refractivity contribution is -0.144. The molecule has 1 saturated carbocycles. The van der Waals surface area contributed by atoms with E-state index in [1.54, 1.807) is 13.0 Å². The third-order valence-corrected chi connectivity index (χ3v) is 3.85. The molecule has 0 spiro atoms. The Kier molecular flexibility index (Phi) is 4.24. The Morgan fingerprint density at radius 2 is 2.16 bits per heavy atom. The number of nitrogens with one attached hydrogen (secondary N) is 1. The predicted octanol–water partition coefficient (Wildman–Crippen LogP) is 2.21. The van der Waals surface area contributed by atoms with Crippen molar-refractivity contribution in [3.05, 3.63) is 23.7 Å². The van der Waals surface area contributed by atoms with E-state index < -0.39 is 5.97 Å². The smallest absolute Gasteiger partial charge is 0.306 e. The molecular weight excluding hydrogens is 246 g/mol. The molecule has 104 valence electrons. The van der Waals surface area contributed by atoms with Gasteiger partial charge >= 0.3 is 5.97 Å². The first kappa shape index (κ1) is 13.6. The number of aryl methyl sites for hydroxylation is 1. The Morgan fingerprint density at radius 1 is 1.42 bits per heavy atom. The number of amides is 1. The van der Waals surface area contributed by atoms with Gasteiger partial charge in [0.15, 0.2) is 0 Å². The van der Waals surface area contributed by atoms with E-state index in [0.717, 1.165) is 19.3 Å². The standard InChI is InChI=1S/C14H19NO4/c1-9-11(6-7-19-9)13(16)15-8-10-4-2-3-5-12(10)14(17)18/h6-7,10,12H,2-5,8H2,1H3,(H,15,16)(H,17,18). The van der Waals surface area contributed by atoms with Crippen molar-refractivity contribution in [1.29, 1.82) is 0 Å². The van der Waals surface area contributed by atoms with Crippen LogP contribution in [0.4, 0.5) is 0 Å². The van der Waals surface area contributed by atoms with Crippen LogP contribution in [0.2, 0.25) is 0 Å². The molecule has 1 aliphatic carbocycles. The van der Waals surface area contributed by atoms with Crippen molar-refractivity contribution in [3.63, 3.8) is 0 Å². The molecule has 0 radical (unpaired) electrons. The van der Waals surface area contributed by atoms with E-state index in [2.05, 4.69) is 5.32 Å². The Balaban J connectivity index is 1.92. The number of carbonyl (C=O) groups is 2. The fourth-order valence-corrected chi connectivity index (χ4v) is 2.72. The number of hydrogen-bond donors (Lipinski definition) is 2. The van der Waals surface area contributed by atoms with Crippen LogP contribution in [0.15, 0.2) is 16.7 Å². The molecular formula is C14H19NO4. The zero-order valence-corrected chi connectivity index (χ0v) is 11.0. The van der Waals surface area contributed by atoms with Crippen LogP contribution in [0.3, 0.4) is 0 Å². The first-order valence-corrected chi connectivity index (χ1v) is 6.64. The lowest BCUT2D eigenvalue weighted by Gasteiger charge is -2.28. The number of hydrogen-bond acceptors (Lipinski definition) is 3. The molecule has 1 aromatic heterocycles. The Bertz CT molecular complexity index is 466. The number of carboxylic acids is 1. The van der Waals surface area contributed by atoms with Crippen molar-refractivity contribution >= 4 is 11.9 Å². The minimum absolute atomic E-state index is 0.0300. The summed E-state index contributed by atoms with van der Waals surface area (Å²) in [5.74, 6) is -0.669. The van der Waals surface area contributed by atoms with Gasteiger partial charge in [-0.3, -0.25) is 9.59 Å². The fraction of sp³-hybridized carbons (Fsp3) is 0.571. The number of aliphatic carboxylic acids is 1. The molecule has 2 N–H and O–H groups in total. The first-order chi connectivity index (χ1) is 9.09. The molecule has 1 aromatic rings. The Morgan fingerprint density at radius 3 is 2.79 bits per heavy atom. The molecule has 5 heteroatoms. The van der Waals surface area contributed by atoms with Gasteiger partial charge in [0.2, 0.25) is 0 Å². The maximum atomic E-state index is 11.9. The summed E-state index contributed by atoms with van der Waals surface area (Å²) in [6.45, 7) is 2.15. The minimum Gasteiger partial charge on any atom is -0.481 e. The van der Waals surface area contributed by atoms with Crippen LogP contribution in [-0.2, 0) is 4.79 Å². The van der Waals surface area contributed by atoms with Gasteiger partial charge in [-0.25, -0.2) is 0 Å². The molecule has 2 rings (SSSR count). The molecule has 0 aliphatic heterocycles. The van der Waals surface area contributed by atoms with E-state index in [0.29, 0.717) is 24.3 Å². The summed E-state index contributed by atoms with van der Waals surface area (Å²) in [6.07, 6.45) is 5.05. The lowest BCUT2D eigenvalue weighted by atomic mass is 9.79. The van der Waals surface area contributed by atoms with Crippen molar-refractivity contribution in [3.8, 4) is 0 Å². The molecule has 1 aliphatic rings. The van der Waals surface area contributed by atoms with Crippen molar-refractivity contribution in [2.24, 2.45) is 11.8 Å². The zero-order valence-electron chi connectivity index (χ0n) is 11.0. The maximum Gasteiger partial charge on any atom is 0.306 e. The van der Waals surface area contributed by atoms with Gasteiger partial charge in [-0.2, -0.15) is 0 Å². The van der Waals surface area contributed by atoms with Gasteiger partial charge in [0.25, 0.3) is 5.91 Å². The molecule has 2 unspecified atom stereocenters. The highest BCUT2D eigenvalue weighted by Crippen LogP contribution is 2.29. The van der Waals surface area contributed by atoms with Gasteiger partial charge in [-0.05, 0) is 31.7 Å². The van der Waals surface area contributed by atoms with Crippen molar-refractivity contribution in [2.75, 3.05) is 6.54 Å². The molecule has 19 heavy (non-hydrogen) atoms. The summed E-state index contributed by atoms with van der Waals surface area (Å²) >= 11 is 0. The van der Waals surface area contributed by atoms with Gasteiger partial charge in [-0.15, -0.1) is 0 Å². The lowest BCUT2D eigenvalue weighted by Crippen LogP contribution is -2.37. The monoisotopic (exact) mass is 265 g/mol. The van der Waals surface area contributed by atoms with E-state index in [9.17, 15) is 14.7 Å². The second-order valence-corrected chi connectivity index (χ2v) is 5.09. The van der Waals surface area contributed by atoms with Gasteiger partial charge in [0, 0.05) is 6.54 Å². The summed E-state index contributed by atoms with van der Waals surface area (Å²) in [4.78, 5) is 23.1. The van der Waals surface area contributed by atoms with Crippen LogP contribution in [-0.4, -0.2) is 23.5 Å². The van der Waals surface area contributed by atoms with Crippen molar-refractivity contribution < 1.29 is 19.1 Å². The van der Waals surface area contributed by atoms with E-state index >= 15 is 0 Å². The third kappa shape index (κ3) is 3.16. The van der Waals surface area contributed by atoms with Crippen LogP contribution in [0, 0.1) is 18.8 Å². The quantitative estimate of drug-likeness (QED) is 0.874. The Hall–Kier alpha value is -1.78. The van der Waals surface area contributed by atoms with Gasteiger partial charge in [0.05, 0.1) is 17.7 Å². The molecule has 5 nitrogen and oxygen atoms in total. The van der Waals surface area contributed by atoms with Crippen LogP contribution < -0.4 is 5.32 Å². The van der Waals surface area contributed by atoms with E-state index in [1.165, 1.54) is 6.26 Å². The number of furan rings is 1. The van der Waals surface area contributed by atoms with Crippen LogP contribution in [0.1, 0.15) is 41.8 Å². The van der Waals surface area contributed by atoms with Gasteiger partial charge in [-0.1, -0.05) is 12.8 Å². The topological polar surface area (TPSA) is 79.5 Å². The number of carbonyl (C=O) groups excluding carboxylic acids is 1. The highest BCUT2D eigenvalue weighted by Gasteiger charge is 2.31. The minimum atomic E-state index is -0.751. The van der Waals surface area contributed by atoms with Crippen molar-refractivity contribution in [2.45, 2.75) is 32.6 Å². The highest BCUT2D eigenvalue weighted by molar-refractivity contribution is 5.95. The molecule has 1 amide bonds. The summed E-state index contributed by atoms with van der Waals surface area (Å²) in [6, 6.07) is 1.63. The third-order valence-electron chi connectivity index (χ3n) is 3.85. The largest absolute Gasteiger partial charge is 0.481 e. The number of carboxylic acid groups (broad SMARTS) is 1. The molecule has 0 aromatic carbocycles. The number of rotatable bonds is 4. The first-order valence-electron chi connectivity index (χ1n) is 6.64. The SMILES string of the molecule is Cc1occc1C(=O)NCC1CCCCC1C(=O)O. The van der Waals surface area contributed by atoms with Gasteiger partial charge < -0.3 is 14.8 Å². The summed E-state index contributed by atoms with van der Waals surface area (Å²) in [5.41, 5.74) is 0.516. The molecule has 0 saturated heterocycles. The van der Waals surface area contributed by atoms with Crippen LogP contribution >= 0.6 is 0 Å². The molecule has 2 atom stereocenters. The van der Waals surface area contributed by atoms with Crippen LogP contribution in [0.25, 0.3) is 0 Å². The van der Waals surface area contributed by atoms with Crippen molar-refractivity contribution in [1.82, 2.24) is 5.32 Å². The van der Waals surface area contributed by atoms with E-state index in [4.69, 9.17) is 4.42 Å². The highest BCUT2D eigenvalue weighted by atomic mass is 16.4. The van der Waals surface area contributed by atoms with Crippen LogP contribution in [0.5, 0.6) is 0 Å². The normalized spacial score (nSPS) is 23.0. The average Bonchev–Trinajstić information content (AvgIpc) is 2.82. The second kappa shape index (κ2) is 5.91. The zero-order chi connectivity index (χ0) is 13.8. The average molecular weight is 265 g/mol. The molecule has 1 heterocycles. The maximum absolute atomic E-state index is 11.9. The summed E-state index contributed by atoms with van der Waals surface area (Å²) in [7, 11) is 0. The van der Waals surface area contributed by atoms with Gasteiger partial charge in [0.1, 0.15) is 5.76 Å². The fourth-order valence-electron chi connectivity index (χ4n) is 2.72. The summed E-state index contributed by atoms with van der Waals surface area (Å²) < 4.78 is 5.08. The van der Waals surface area contributed by atoms with E-state index in [-0.39, 0.29) is 17.7 Å². The Labute approximate surface area is 112 Å². The molecule has 1 fully saturated rings.